The molecule has 17 heteroatoms. The highest BCUT2D eigenvalue weighted by molar-refractivity contribution is 7.91. The fourth-order valence-electron chi connectivity index (χ4n) is 9.80. The molecule has 4 heterocycles. The van der Waals surface area contributed by atoms with Crippen molar-refractivity contribution in [3.05, 3.63) is 54.6 Å². The molecule has 1 aromatic heterocycles. The molecule has 2 aromatic rings. The van der Waals surface area contributed by atoms with E-state index in [2.05, 4.69) is 39.0 Å². The number of carbonyl (C=O) groups excluding carboxylic acids is 4. The SMILES string of the molecule is C=C[C@H]1C[C@]1(NC(=O)[C@@H]1C[C@@H]2CN1C(=O)[C@H](C(C)(C)C)NC(=O)O[C@@H]1CCC[C@H]1CC/C=C/Cc1c(nc3ccccc3c1OCCCN1CCOCC1)O2)C(=O)NS(=O)(=O)C1(C)CC1. The number of alkyl carbamates (subject to hydrolysis) is 1. The van der Waals surface area contributed by atoms with Gasteiger partial charge in [0.2, 0.25) is 27.7 Å². The van der Waals surface area contributed by atoms with E-state index in [1.54, 1.807) is 6.92 Å². The fourth-order valence-corrected chi connectivity index (χ4v) is 11.1. The lowest BCUT2D eigenvalue weighted by molar-refractivity contribution is -0.143. The molecule has 3 aliphatic heterocycles. The van der Waals surface area contributed by atoms with Gasteiger partial charge in [0.25, 0.3) is 5.91 Å². The zero-order valence-corrected chi connectivity index (χ0v) is 39.1. The number of para-hydroxylation sites is 1. The van der Waals surface area contributed by atoms with Crippen molar-refractivity contribution < 1.29 is 46.5 Å². The van der Waals surface area contributed by atoms with E-state index >= 15 is 0 Å². The molecular formula is C48H66N6O10S. The average Bonchev–Trinajstić information content (AvgIpc) is 4.09. The van der Waals surface area contributed by atoms with E-state index in [9.17, 15) is 27.6 Å². The number of pyridine rings is 1. The minimum Gasteiger partial charge on any atom is -0.492 e. The van der Waals surface area contributed by atoms with Crippen molar-refractivity contribution in [2.24, 2.45) is 17.3 Å². The first-order valence-corrected chi connectivity index (χ1v) is 25.0. The average molecular weight is 919 g/mol. The number of benzene rings is 1. The van der Waals surface area contributed by atoms with Gasteiger partial charge in [-0.15, -0.1) is 6.58 Å². The summed E-state index contributed by atoms with van der Waals surface area (Å²) in [6.45, 7) is 15.4. The number of nitrogens with one attached hydrogen (secondary N) is 3. The second-order valence-corrected chi connectivity index (χ2v) is 22.3. The van der Waals surface area contributed by atoms with Crippen LogP contribution in [0, 0.1) is 17.3 Å². The third kappa shape index (κ3) is 10.2. The summed E-state index contributed by atoms with van der Waals surface area (Å²) in [5, 5.41) is 6.59. The monoisotopic (exact) mass is 918 g/mol. The molecule has 0 unspecified atom stereocenters. The van der Waals surface area contributed by atoms with Crippen molar-refractivity contribution in [3.63, 3.8) is 0 Å². The molecule has 2 bridgehead atoms. The number of ether oxygens (including phenoxy) is 4. The second-order valence-electron chi connectivity index (χ2n) is 20.1. The molecule has 65 heavy (non-hydrogen) atoms. The van der Waals surface area contributed by atoms with Gasteiger partial charge in [-0.25, -0.2) is 18.2 Å². The lowest BCUT2D eigenvalue weighted by Gasteiger charge is -2.35. The van der Waals surface area contributed by atoms with E-state index in [1.165, 1.54) is 11.0 Å². The fraction of sp³-hybridized carbons (Fsp3) is 0.646. The molecule has 2 saturated heterocycles. The van der Waals surface area contributed by atoms with Gasteiger partial charge in [-0.05, 0) is 94.6 Å². The number of aromatic nitrogens is 1. The van der Waals surface area contributed by atoms with Gasteiger partial charge in [0, 0.05) is 37.4 Å². The second kappa shape index (κ2) is 18.9. The minimum absolute atomic E-state index is 0.00892. The summed E-state index contributed by atoms with van der Waals surface area (Å²) in [5.74, 6) is -1.43. The summed E-state index contributed by atoms with van der Waals surface area (Å²) in [4.78, 5) is 66.1. The van der Waals surface area contributed by atoms with E-state index in [0.717, 1.165) is 82.3 Å². The maximum atomic E-state index is 15.0. The maximum Gasteiger partial charge on any atom is 0.408 e. The molecule has 16 nitrogen and oxygen atoms in total. The molecule has 1 aromatic carbocycles. The highest BCUT2D eigenvalue weighted by Gasteiger charge is 2.63. The number of morpholine rings is 1. The molecule has 7 atom stereocenters. The van der Waals surface area contributed by atoms with Crippen LogP contribution >= 0.6 is 0 Å². The predicted octanol–water partition coefficient (Wildman–Crippen LogP) is 4.95. The van der Waals surface area contributed by atoms with Crippen molar-refractivity contribution in [2.45, 2.75) is 133 Å². The Morgan fingerprint density at radius 3 is 2.57 bits per heavy atom. The van der Waals surface area contributed by atoms with Gasteiger partial charge in [0.05, 0.1) is 42.2 Å². The Hall–Kier alpha value is -4.74. The maximum absolute atomic E-state index is 15.0. The third-order valence-electron chi connectivity index (χ3n) is 14.3. The molecule has 3 N–H and O–H groups in total. The quantitative estimate of drug-likeness (QED) is 0.203. The number of nitrogens with zero attached hydrogens (tertiary/aromatic N) is 3. The smallest absolute Gasteiger partial charge is 0.408 e. The Labute approximate surface area is 382 Å². The van der Waals surface area contributed by atoms with Crippen LogP contribution in [0.1, 0.15) is 97.5 Å². The molecule has 4 amide bonds. The highest BCUT2D eigenvalue weighted by atomic mass is 32.2. The standard InChI is InChI=1S/C48H66N6O10S/c1-6-32-29-48(32,44(57)52-65(59,60)47(5)20-21-47)51-41(55)37-28-33-30-54(37)43(56)40(46(2,3)4)50-45(58)64-38-19-12-15-31(38)14-8-7-9-17-35-39(62-25-13-22-53-23-26-61-27-24-53)34-16-10-11-18-36(34)49-42(35)63-33/h6-7,9-11,16,18,31-33,37-38,40H,1,8,12-15,17,19-30H2,2-5H3,(H,50,58)(H,51,55)(H,52,57)/b9-7+/t31-,32+,33-,37+,38-,40-,48-/m1/s1. The van der Waals surface area contributed by atoms with Crippen molar-refractivity contribution in [3.8, 4) is 11.6 Å². The lowest BCUT2D eigenvalue weighted by atomic mass is 9.85. The number of rotatable bonds is 11. The van der Waals surface area contributed by atoms with Crippen molar-refractivity contribution >= 4 is 44.7 Å². The minimum atomic E-state index is -4.02. The van der Waals surface area contributed by atoms with Crippen LogP contribution in [-0.4, -0.2) is 128 Å². The molecule has 3 saturated carbocycles. The number of sulfonamides is 1. The number of carbonyl (C=O) groups is 4. The van der Waals surface area contributed by atoms with E-state index in [4.69, 9.17) is 23.9 Å². The van der Waals surface area contributed by atoms with Gasteiger partial charge in [-0.2, -0.15) is 0 Å². The van der Waals surface area contributed by atoms with Gasteiger partial charge in [-0.3, -0.25) is 24.0 Å². The zero-order valence-electron chi connectivity index (χ0n) is 38.3. The highest BCUT2D eigenvalue weighted by Crippen LogP contribution is 2.47. The first-order valence-electron chi connectivity index (χ1n) is 23.5. The summed E-state index contributed by atoms with van der Waals surface area (Å²) in [7, 11) is -4.02. The Kier molecular flexibility index (Phi) is 13.6. The first-order chi connectivity index (χ1) is 31.0. The number of allylic oxidation sites excluding steroid dienone is 2. The number of hydrogen-bond donors (Lipinski definition) is 3. The summed E-state index contributed by atoms with van der Waals surface area (Å²) in [6.07, 6.45) is 10.4. The van der Waals surface area contributed by atoms with Crippen LogP contribution in [0.2, 0.25) is 0 Å². The first kappa shape index (κ1) is 46.8. The lowest BCUT2D eigenvalue weighted by Crippen LogP contribution is -2.60. The van der Waals surface area contributed by atoms with Gasteiger partial charge >= 0.3 is 6.09 Å². The van der Waals surface area contributed by atoms with Crippen molar-refractivity contribution in [2.75, 3.05) is 46.0 Å². The molecule has 0 spiro atoms. The Morgan fingerprint density at radius 2 is 1.85 bits per heavy atom. The van der Waals surface area contributed by atoms with E-state index < -0.39 is 73.6 Å². The zero-order chi connectivity index (χ0) is 46.1. The van der Waals surface area contributed by atoms with E-state index in [-0.39, 0.29) is 31.4 Å². The van der Waals surface area contributed by atoms with Gasteiger partial charge < -0.3 is 34.5 Å². The third-order valence-corrected chi connectivity index (χ3v) is 16.5. The Balaban J connectivity index is 1.13. The van der Waals surface area contributed by atoms with E-state index in [1.807, 2.05) is 45.0 Å². The molecule has 5 fully saturated rings. The molecule has 8 rings (SSSR count). The summed E-state index contributed by atoms with van der Waals surface area (Å²) in [6, 6.07) is 5.46. The van der Waals surface area contributed by atoms with Crippen LogP contribution in [0.5, 0.6) is 11.6 Å². The Bertz CT molecular complexity index is 2290. The Morgan fingerprint density at radius 1 is 1.08 bits per heavy atom. The van der Waals surface area contributed by atoms with Crippen molar-refractivity contribution in [1.29, 1.82) is 0 Å². The predicted molar refractivity (Wildman–Crippen MR) is 244 cm³/mol. The number of hydrogen-bond acceptors (Lipinski definition) is 12. The van der Waals surface area contributed by atoms with Crippen molar-refractivity contribution in [1.82, 2.24) is 30.1 Å². The number of fused-ring (bicyclic) bond motifs is 5. The summed E-state index contributed by atoms with van der Waals surface area (Å²) < 4.78 is 52.7. The normalized spacial score (nSPS) is 30.0. The molecule has 3 aliphatic carbocycles. The van der Waals surface area contributed by atoms with Crippen LogP contribution in [0.25, 0.3) is 10.9 Å². The van der Waals surface area contributed by atoms with Gasteiger partial charge in [0.1, 0.15) is 35.6 Å². The molecule has 6 aliphatic rings. The topological polar surface area (TPSA) is 195 Å². The molecule has 0 radical (unpaired) electrons. The van der Waals surface area contributed by atoms with E-state index in [0.29, 0.717) is 43.0 Å². The van der Waals surface area contributed by atoms with Gasteiger partial charge in [-0.1, -0.05) is 51.1 Å². The number of amides is 4. The largest absolute Gasteiger partial charge is 0.492 e. The molecular weight excluding hydrogens is 853 g/mol. The van der Waals surface area contributed by atoms with Crippen LogP contribution in [0.4, 0.5) is 4.79 Å². The van der Waals surface area contributed by atoms with Crippen LogP contribution in [-0.2, 0) is 40.3 Å². The summed E-state index contributed by atoms with van der Waals surface area (Å²) in [5.41, 5.74) is -1.01. The van der Waals surface area contributed by atoms with Crippen LogP contribution in [0.3, 0.4) is 0 Å². The molecule has 354 valence electrons. The van der Waals surface area contributed by atoms with Crippen LogP contribution < -0.4 is 24.8 Å². The van der Waals surface area contributed by atoms with Crippen LogP contribution in [0.15, 0.2) is 49.1 Å². The van der Waals surface area contributed by atoms with Gasteiger partial charge in [0.15, 0.2) is 0 Å². The summed E-state index contributed by atoms with van der Waals surface area (Å²) >= 11 is 0.